The molecule has 0 fully saturated rings. The highest BCUT2D eigenvalue weighted by Gasteiger charge is 2.62. The zero-order valence-electron chi connectivity index (χ0n) is 13.7. The van der Waals surface area contributed by atoms with Crippen LogP contribution in [0.5, 0.6) is 0 Å². The van der Waals surface area contributed by atoms with E-state index in [0.29, 0.717) is 28.5 Å². The molecule has 0 radical (unpaired) electrons. The molecule has 0 saturated heterocycles. The molecule has 0 aromatic carbocycles. The van der Waals surface area contributed by atoms with Crippen molar-refractivity contribution in [3.05, 3.63) is 29.8 Å². The molecule has 0 bridgehead atoms. The van der Waals surface area contributed by atoms with E-state index in [2.05, 4.69) is 15.1 Å². The van der Waals surface area contributed by atoms with Crippen molar-refractivity contribution in [1.82, 2.24) is 9.97 Å². The number of hydrazone groups is 1. The van der Waals surface area contributed by atoms with Gasteiger partial charge in [-0.05, 0) is 24.5 Å². The fraction of sp³-hybridized carbons (Fsp3) is 0.438. The quantitative estimate of drug-likeness (QED) is 0.881. The number of anilines is 1. The highest BCUT2D eigenvalue weighted by Crippen LogP contribution is 2.44. The van der Waals surface area contributed by atoms with Gasteiger partial charge in [0.05, 0.1) is 5.69 Å². The first kappa shape index (κ1) is 17.8. The Hall–Kier alpha value is -2.00. The Kier molecular flexibility index (Phi) is 4.54. The lowest BCUT2D eigenvalue weighted by atomic mass is 9.99. The van der Waals surface area contributed by atoms with Gasteiger partial charge >= 0.3 is 6.18 Å². The van der Waals surface area contributed by atoms with Crippen molar-refractivity contribution < 1.29 is 18.3 Å². The number of hydrogen-bond acceptors (Lipinski definition) is 6. The van der Waals surface area contributed by atoms with Crippen molar-refractivity contribution >= 4 is 22.2 Å². The van der Waals surface area contributed by atoms with E-state index in [4.69, 9.17) is 0 Å². The molecule has 1 aliphatic heterocycles. The molecule has 5 nitrogen and oxygen atoms in total. The molecule has 3 rings (SSSR count). The maximum Gasteiger partial charge on any atom is 0.438 e. The smallest absolute Gasteiger partial charge is 0.362 e. The molecule has 0 spiro atoms. The number of pyridine rings is 1. The van der Waals surface area contributed by atoms with E-state index in [1.54, 1.807) is 29.8 Å². The molecule has 0 saturated carbocycles. The van der Waals surface area contributed by atoms with E-state index in [-0.39, 0.29) is 11.0 Å². The molecule has 9 heteroatoms. The van der Waals surface area contributed by atoms with Crippen LogP contribution in [0.4, 0.5) is 18.3 Å². The Morgan fingerprint density at radius 1 is 1.32 bits per heavy atom. The Morgan fingerprint density at radius 3 is 2.68 bits per heavy atom. The summed E-state index contributed by atoms with van der Waals surface area (Å²) in [5.74, 6) is 0.136. The summed E-state index contributed by atoms with van der Waals surface area (Å²) in [4.78, 5) is 8.33. The van der Waals surface area contributed by atoms with Crippen LogP contribution in [0.25, 0.3) is 11.4 Å². The first-order valence-corrected chi connectivity index (χ1v) is 8.61. The number of aromatic nitrogens is 2. The lowest BCUT2D eigenvalue weighted by molar-refractivity contribution is -0.254. The first-order valence-electron chi connectivity index (χ1n) is 7.73. The average Bonchev–Trinajstić information content (AvgIpc) is 3.12. The van der Waals surface area contributed by atoms with Gasteiger partial charge in [-0.1, -0.05) is 19.9 Å². The highest BCUT2D eigenvalue weighted by atomic mass is 32.1. The summed E-state index contributed by atoms with van der Waals surface area (Å²) >= 11 is 0.989. The fourth-order valence-corrected chi connectivity index (χ4v) is 3.45. The molecular formula is C16H17F3N4OS. The van der Waals surface area contributed by atoms with Crippen molar-refractivity contribution in [2.24, 2.45) is 11.0 Å². The predicted octanol–water partition coefficient (Wildman–Crippen LogP) is 4.07. The molecule has 25 heavy (non-hydrogen) atoms. The van der Waals surface area contributed by atoms with Gasteiger partial charge in [0.25, 0.3) is 5.72 Å². The number of nitrogens with zero attached hydrogens (tertiary/aromatic N) is 4. The van der Waals surface area contributed by atoms with Crippen LogP contribution in [0.3, 0.4) is 0 Å². The van der Waals surface area contributed by atoms with Gasteiger partial charge in [0, 0.05) is 23.7 Å². The van der Waals surface area contributed by atoms with E-state index in [1.807, 2.05) is 13.8 Å². The monoisotopic (exact) mass is 370 g/mol. The summed E-state index contributed by atoms with van der Waals surface area (Å²) in [6.45, 7) is 3.78. The van der Waals surface area contributed by atoms with Crippen LogP contribution >= 0.6 is 11.3 Å². The van der Waals surface area contributed by atoms with Crippen LogP contribution in [0.2, 0.25) is 0 Å². The third-order valence-corrected chi connectivity index (χ3v) is 4.56. The van der Waals surface area contributed by atoms with Crippen molar-refractivity contribution in [3.63, 3.8) is 0 Å². The SMILES string of the molecule is CC(C)CC1=NN(c2nc(-c3ccccn3)cs2)[C@@](O)(C(F)(F)F)C1. The minimum atomic E-state index is -4.86. The number of hydrogen-bond donors (Lipinski definition) is 1. The minimum Gasteiger partial charge on any atom is -0.362 e. The molecule has 1 aliphatic rings. The Morgan fingerprint density at radius 2 is 2.08 bits per heavy atom. The normalized spacial score (nSPS) is 21.1. The summed E-state index contributed by atoms with van der Waals surface area (Å²) in [5.41, 5.74) is -1.77. The van der Waals surface area contributed by atoms with Crippen molar-refractivity contribution in [2.75, 3.05) is 5.01 Å². The minimum absolute atomic E-state index is 0.0146. The fourth-order valence-electron chi connectivity index (χ4n) is 2.62. The van der Waals surface area contributed by atoms with Crippen LogP contribution < -0.4 is 5.01 Å². The van der Waals surface area contributed by atoms with Gasteiger partial charge in [0.1, 0.15) is 5.69 Å². The van der Waals surface area contributed by atoms with Gasteiger partial charge in [0.2, 0.25) is 5.13 Å². The third kappa shape index (κ3) is 3.38. The maximum atomic E-state index is 13.5. The second-order valence-corrected chi connectivity index (χ2v) is 7.13. The zero-order valence-corrected chi connectivity index (χ0v) is 14.5. The van der Waals surface area contributed by atoms with E-state index in [9.17, 15) is 18.3 Å². The molecule has 2 aromatic rings. The topological polar surface area (TPSA) is 61.6 Å². The number of alkyl halides is 3. The lowest BCUT2D eigenvalue weighted by Crippen LogP contribution is -2.55. The Bertz CT molecular complexity index is 775. The van der Waals surface area contributed by atoms with Gasteiger partial charge < -0.3 is 5.11 Å². The summed E-state index contributed by atoms with van der Waals surface area (Å²) in [5, 5.41) is 16.6. The van der Waals surface area contributed by atoms with Gasteiger partial charge in [-0.2, -0.15) is 23.3 Å². The average molecular weight is 370 g/mol. The summed E-state index contributed by atoms with van der Waals surface area (Å²) in [6.07, 6.45) is -3.47. The largest absolute Gasteiger partial charge is 0.438 e. The van der Waals surface area contributed by atoms with Crippen LogP contribution in [-0.2, 0) is 0 Å². The molecule has 134 valence electrons. The van der Waals surface area contributed by atoms with Gasteiger partial charge in [-0.15, -0.1) is 11.3 Å². The number of thiazole rings is 1. The van der Waals surface area contributed by atoms with Crippen LogP contribution in [0, 0.1) is 5.92 Å². The number of halogens is 3. The van der Waals surface area contributed by atoms with Gasteiger partial charge in [-0.3, -0.25) is 4.98 Å². The Labute approximate surface area is 146 Å². The third-order valence-electron chi connectivity index (χ3n) is 3.74. The van der Waals surface area contributed by atoms with Crippen LogP contribution in [0.15, 0.2) is 34.9 Å². The summed E-state index contributed by atoms with van der Waals surface area (Å²) in [7, 11) is 0. The zero-order chi connectivity index (χ0) is 18.2. The molecule has 2 aromatic heterocycles. The predicted molar refractivity (Wildman–Crippen MR) is 90.3 cm³/mol. The van der Waals surface area contributed by atoms with Gasteiger partial charge in [0.15, 0.2) is 0 Å². The van der Waals surface area contributed by atoms with Gasteiger partial charge in [-0.25, -0.2) is 4.98 Å². The molecule has 0 amide bonds. The second kappa shape index (κ2) is 6.38. The second-order valence-electron chi connectivity index (χ2n) is 6.30. The molecule has 1 atom stereocenters. The molecule has 0 aliphatic carbocycles. The van der Waals surface area contributed by atoms with Crippen molar-refractivity contribution in [2.45, 2.75) is 38.6 Å². The molecular weight excluding hydrogens is 353 g/mol. The lowest BCUT2D eigenvalue weighted by Gasteiger charge is -2.32. The van der Waals surface area contributed by atoms with Crippen LogP contribution in [0.1, 0.15) is 26.7 Å². The molecule has 0 unspecified atom stereocenters. The molecule has 3 heterocycles. The van der Waals surface area contributed by atoms with E-state index >= 15 is 0 Å². The summed E-state index contributed by atoms with van der Waals surface area (Å²) < 4.78 is 40.6. The first-order chi connectivity index (χ1) is 11.7. The molecule has 1 N–H and O–H groups in total. The number of rotatable bonds is 4. The van der Waals surface area contributed by atoms with Crippen LogP contribution in [-0.4, -0.2) is 32.7 Å². The maximum absolute atomic E-state index is 13.5. The van der Waals surface area contributed by atoms with E-state index in [0.717, 1.165) is 11.3 Å². The van der Waals surface area contributed by atoms with E-state index in [1.165, 1.54) is 0 Å². The van der Waals surface area contributed by atoms with Crippen molar-refractivity contribution in [1.29, 1.82) is 0 Å². The summed E-state index contributed by atoms with van der Waals surface area (Å²) in [6, 6.07) is 5.22. The van der Waals surface area contributed by atoms with Crippen molar-refractivity contribution in [3.8, 4) is 11.4 Å². The Balaban J connectivity index is 1.97. The van der Waals surface area contributed by atoms with E-state index < -0.39 is 18.3 Å². The standard InChI is InChI=1S/C16H17F3N4OS/c1-10(2)7-11-8-15(24,16(17,18)19)23(22-11)14-21-13(9-25-14)12-5-3-4-6-20-12/h3-6,9-10,24H,7-8H2,1-2H3/t15-/m0/s1. The number of aliphatic hydroxyl groups is 1. The highest BCUT2D eigenvalue weighted by molar-refractivity contribution is 7.14.